The van der Waals surface area contributed by atoms with Gasteiger partial charge in [0.05, 0.1) is 12.4 Å². The van der Waals surface area contributed by atoms with Crippen molar-refractivity contribution in [2.45, 2.75) is 37.1 Å². The molecule has 1 aliphatic rings. The number of aliphatic hydroxyl groups excluding tert-OH is 1. The fraction of sp³-hybridized carbons (Fsp3) is 0.500. The number of imidazole rings is 1. The Morgan fingerprint density at radius 1 is 1.30 bits per heavy atom. The highest BCUT2D eigenvalue weighted by Crippen LogP contribution is 2.66. The number of ether oxygens (including phenoxy) is 1. The Bertz CT molecular complexity index is 1450. The van der Waals surface area contributed by atoms with Crippen LogP contribution in [-0.2, 0) is 31.6 Å². The third-order valence-corrected chi connectivity index (χ3v) is 8.59. The van der Waals surface area contributed by atoms with Crippen molar-refractivity contribution < 1.29 is 65.8 Å². The summed E-state index contributed by atoms with van der Waals surface area (Å²) < 4.78 is 65.6. The molecule has 0 aliphatic carbocycles. The van der Waals surface area contributed by atoms with E-state index in [1.165, 1.54) is 0 Å². The summed E-state index contributed by atoms with van der Waals surface area (Å²) in [5, 5.41) is 21.9. The monoisotopic (exact) mass is 593 g/mol. The molecule has 0 bridgehead atoms. The van der Waals surface area contributed by atoms with Gasteiger partial charge in [0.15, 0.2) is 23.0 Å². The largest absolute Gasteiger partial charge is 0.490 e. The molecule has 1 fully saturated rings. The normalized spacial score (nSPS) is 28.3. The van der Waals surface area contributed by atoms with Crippen LogP contribution in [0.15, 0.2) is 11.1 Å². The van der Waals surface area contributed by atoms with E-state index < -0.39 is 65.8 Å². The summed E-state index contributed by atoms with van der Waals surface area (Å²) in [5.74, 6) is 3.59. The van der Waals surface area contributed by atoms with E-state index >= 15 is 0 Å². The molecule has 23 heteroatoms. The highest BCUT2D eigenvalue weighted by atomic mass is 31.3. The third kappa shape index (κ3) is 6.50. The first-order valence-electron chi connectivity index (χ1n) is 9.55. The van der Waals surface area contributed by atoms with Gasteiger partial charge in [-0.25, -0.2) is 23.1 Å². The van der Waals surface area contributed by atoms with Crippen LogP contribution >= 0.6 is 23.5 Å². The van der Waals surface area contributed by atoms with Crippen LogP contribution < -0.4 is 11.3 Å². The number of nitrogens with two attached hydrogens (primary N) is 1. The molecule has 2 aromatic rings. The van der Waals surface area contributed by atoms with Crippen molar-refractivity contribution in [1.82, 2.24) is 19.5 Å². The number of fused-ring (bicyclic) bond motifs is 1. The predicted octanol–water partition coefficient (Wildman–Crippen LogP) is -1.60. The standard InChI is InChI=1S/C14H19FN5O14P3/c1-6(32-36(27,28)34-37(29,30)33-35(24,25)26)8-9(21)14(23,3-2-4-15)12(31-8)20-5-17-7-10(20)18-13(16)19-11(7)22/h5-6,8-9,12,21,23H,4H2,1H3,(H,27,28)(H,29,30)(H2,24,25,26)(H3,16,18,19,22)/t6-,8+,9-,12+,14?/m0/s1. The molecule has 206 valence electrons. The number of H-pyrrole nitrogens is 1. The van der Waals surface area contributed by atoms with Crippen molar-refractivity contribution >= 4 is 40.6 Å². The van der Waals surface area contributed by atoms with Gasteiger partial charge in [-0.05, 0) is 6.92 Å². The number of nitrogens with one attached hydrogen (secondary N) is 1. The Hall–Kier alpha value is -2.07. The number of aromatic amines is 1. The minimum absolute atomic E-state index is 0.264. The first-order chi connectivity index (χ1) is 16.9. The summed E-state index contributed by atoms with van der Waals surface area (Å²) >= 11 is 0. The molecule has 3 heterocycles. The Morgan fingerprint density at radius 3 is 2.54 bits per heavy atom. The van der Waals surface area contributed by atoms with Gasteiger partial charge in [-0.1, -0.05) is 11.8 Å². The van der Waals surface area contributed by atoms with Gasteiger partial charge in [-0.2, -0.15) is 13.6 Å². The Balaban J connectivity index is 1.95. The van der Waals surface area contributed by atoms with E-state index in [1.54, 1.807) is 0 Å². The first-order valence-corrected chi connectivity index (χ1v) is 14.1. The van der Waals surface area contributed by atoms with Gasteiger partial charge in [-0.3, -0.25) is 18.9 Å². The smallest absolute Gasteiger partial charge is 0.386 e. The highest BCUT2D eigenvalue weighted by Gasteiger charge is 2.58. The Kier molecular flexibility index (Phi) is 8.16. The summed E-state index contributed by atoms with van der Waals surface area (Å²) in [5.41, 5.74) is 1.52. The van der Waals surface area contributed by atoms with E-state index in [2.05, 4.69) is 34.0 Å². The number of nitrogens with zero attached hydrogens (tertiary/aromatic N) is 3. The number of aliphatic hydroxyl groups is 2. The molecule has 3 rings (SSSR count). The molecule has 19 nitrogen and oxygen atoms in total. The van der Waals surface area contributed by atoms with Crippen LogP contribution in [-0.4, -0.2) is 79.9 Å². The topological polar surface area (TPSA) is 299 Å². The van der Waals surface area contributed by atoms with Crippen LogP contribution in [0.4, 0.5) is 10.3 Å². The number of anilines is 1. The molecule has 37 heavy (non-hydrogen) atoms. The van der Waals surface area contributed by atoms with Crippen molar-refractivity contribution in [3.8, 4) is 11.8 Å². The zero-order valence-electron chi connectivity index (χ0n) is 18.2. The molecule has 0 aromatic carbocycles. The highest BCUT2D eigenvalue weighted by molar-refractivity contribution is 7.66. The maximum atomic E-state index is 12.8. The Labute approximate surface area is 204 Å². The molecule has 0 spiro atoms. The van der Waals surface area contributed by atoms with Gasteiger partial charge >= 0.3 is 23.5 Å². The first kappa shape index (κ1) is 29.5. The van der Waals surface area contributed by atoms with Crippen molar-refractivity contribution in [2.75, 3.05) is 12.4 Å². The number of hydrogen-bond acceptors (Lipinski definition) is 13. The molecule has 7 atom stereocenters. The van der Waals surface area contributed by atoms with Crippen LogP contribution in [0.25, 0.3) is 11.2 Å². The van der Waals surface area contributed by atoms with Crippen molar-refractivity contribution in [1.29, 1.82) is 0 Å². The van der Waals surface area contributed by atoms with E-state index in [-0.39, 0.29) is 17.1 Å². The summed E-state index contributed by atoms with van der Waals surface area (Å²) in [6.45, 7) is -0.316. The van der Waals surface area contributed by atoms with Gasteiger partial charge in [0.1, 0.15) is 18.9 Å². The van der Waals surface area contributed by atoms with Gasteiger partial charge in [0.2, 0.25) is 5.95 Å². The lowest BCUT2D eigenvalue weighted by atomic mass is 9.92. The maximum absolute atomic E-state index is 12.8. The minimum atomic E-state index is -5.85. The number of alkyl halides is 1. The van der Waals surface area contributed by atoms with Crippen LogP contribution in [0, 0.1) is 11.8 Å². The molecule has 0 saturated carbocycles. The SMILES string of the molecule is C[C@H](OP(=O)(O)OP(=O)(O)OP(=O)(O)O)[C@H]1O[C@@H](n2cnc3c(=O)[nH]c(N)nc32)C(O)(C#CCF)[C@H]1O. The predicted molar refractivity (Wildman–Crippen MR) is 116 cm³/mol. The lowest BCUT2D eigenvalue weighted by Crippen LogP contribution is -2.47. The second kappa shape index (κ2) is 10.2. The fourth-order valence-electron chi connectivity index (χ4n) is 3.36. The summed E-state index contributed by atoms with van der Waals surface area (Å²) in [6.07, 6.45) is -6.62. The van der Waals surface area contributed by atoms with Gasteiger partial charge in [-0.15, -0.1) is 0 Å². The minimum Gasteiger partial charge on any atom is -0.386 e. The number of phosphoric ester groups is 1. The van der Waals surface area contributed by atoms with E-state index in [9.17, 15) is 42.9 Å². The van der Waals surface area contributed by atoms with E-state index in [4.69, 9.17) is 20.3 Å². The number of phosphoric acid groups is 3. The van der Waals surface area contributed by atoms with Crippen molar-refractivity contribution in [3.63, 3.8) is 0 Å². The van der Waals surface area contributed by atoms with Gasteiger partial charge in [0.25, 0.3) is 5.56 Å². The fourth-order valence-corrected chi connectivity index (χ4v) is 6.56. The molecular weight excluding hydrogens is 574 g/mol. The molecule has 3 unspecified atom stereocenters. The van der Waals surface area contributed by atoms with E-state index in [1.807, 2.05) is 5.92 Å². The lowest BCUT2D eigenvalue weighted by molar-refractivity contribution is -0.0832. The summed E-state index contributed by atoms with van der Waals surface area (Å²) in [4.78, 5) is 58.2. The maximum Gasteiger partial charge on any atom is 0.490 e. The second-order valence-electron chi connectivity index (χ2n) is 7.34. The van der Waals surface area contributed by atoms with E-state index in [0.29, 0.717) is 0 Å². The van der Waals surface area contributed by atoms with Gasteiger partial charge in [0, 0.05) is 0 Å². The zero-order valence-corrected chi connectivity index (χ0v) is 20.9. The molecule has 0 radical (unpaired) electrons. The average molecular weight is 593 g/mol. The molecule has 9 N–H and O–H groups in total. The molecule has 0 amide bonds. The third-order valence-electron chi connectivity index (χ3n) is 4.66. The molecular formula is C14H19FN5O14P3. The van der Waals surface area contributed by atoms with Crippen LogP contribution in [0.5, 0.6) is 0 Å². The molecule has 2 aromatic heterocycles. The van der Waals surface area contributed by atoms with Crippen LogP contribution in [0.2, 0.25) is 0 Å². The summed E-state index contributed by atoms with van der Waals surface area (Å²) in [6, 6.07) is 0. The quantitative estimate of drug-likeness (QED) is 0.126. The molecule has 1 aliphatic heterocycles. The number of aromatic nitrogens is 4. The van der Waals surface area contributed by atoms with Gasteiger partial charge < -0.3 is 40.3 Å². The Morgan fingerprint density at radius 2 is 1.95 bits per heavy atom. The van der Waals surface area contributed by atoms with E-state index in [0.717, 1.165) is 17.8 Å². The number of rotatable bonds is 8. The van der Waals surface area contributed by atoms with Crippen LogP contribution in [0.3, 0.4) is 0 Å². The van der Waals surface area contributed by atoms with Crippen molar-refractivity contribution in [2.24, 2.45) is 0 Å². The summed E-state index contributed by atoms with van der Waals surface area (Å²) in [7, 11) is -17.2. The zero-order chi connectivity index (χ0) is 28.0. The number of halogens is 1. The average Bonchev–Trinajstić information content (AvgIpc) is 3.23. The number of nitrogen functional groups attached to an aromatic ring is 1. The van der Waals surface area contributed by atoms with Crippen LogP contribution in [0.1, 0.15) is 13.2 Å². The number of hydrogen-bond donors (Lipinski definition) is 8. The second-order valence-corrected chi connectivity index (χ2v) is 11.7. The lowest BCUT2D eigenvalue weighted by Gasteiger charge is -2.27. The molecule has 1 saturated heterocycles. The van der Waals surface area contributed by atoms with Crippen molar-refractivity contribution in [3.05, 3.63) is 16.7 Å².